The Balaban J connectivity index is 2.29. The molecule has 0 N–H and O–H groups in total. The van der Waals surface area contributed by atoms with Gasteiger partial charge in [0.25, 0.3) is 0 Å². The van der Waals surface area contributed by atoms with Gasteiger partial charge in [0.05, 0.1) is 5.56 Å². The highest BCUT2D eigenvalue weighted by Gasteiger charge is 2.12. The lowest BCUT2D eigenvalue weighted by atomic mass is 10.3. The van der Waals surface area contributed by atoms with Crippen LogP contribution in [0, 0.1) is 0 Å². The molecular formula is C12H14ClN3O2. The zero-order valence-electron chi connectivity index (χ0n) is 10.1. The van der Waals surface area contributed by atoms with E-state index in [1.807, 2.05) is 0 Å². The average Bonchev–Trinajstić information content (AvgIpc) is 2.74. The third-order valence-electron chi connectivity index (χ3n) is 2.63. The number of rotatable bonds is 6. The van der Waals surface area contributed by atoms with Gasteiger partial charge in [0, 0.05) is 12.8 Å². The van der Waals surface area contributed by atoms with Gasteiger partial charge in [-0.05, 0) is 6.42 Å². The Bertz CT molecular complexity index is 553. The SMILES string of the molecule is CCCCOCn1cc(C=O)c2ncnc(Cl)c21. The van der Waals surface area contributed by atoms with Crippen molar-refractivity contribution in [3.05, 3.63) is 23.2 Å². The minimum absolute atomic E-state index is 0.326. The number of nitrogens with zero attached hydrogens (tertiary/aromatic N) is 3. The molecule has 2 heterocycles. The zero-order valence-corrected chi connectivity index (χ0v) is 10.9. The summed E-state index contributed by atoms with van der Waals surface area (Å²) in [5, 5.41) is 0.326. The summed E-state index contributed by atoms with van der Waals surface area (Å²) in [7, 11) is 0. The summed E-state index contributed by atoms with van der Waals surface area (Å²) < 4.78 is 7.27. The third kappa shape index (κ3) is 2.52. The Hall–Kier alpha value is -1.46. The lowest BCUT2D eigenvalue weighted by molar-refractivity contribution is 0.0775. The molecule has 0 fully saturated rings. The van der Waals surface area contributed by atoms with Gasteiger partial charge < -0.3 is 9.30 Å². The Morgan fingerprint density at radius 2 is 2.33 bits per heavy atom. The van der Waals surface area contributed by atoms with Crippen molar-refractivity contribution in [2.45, 2.75) is 26.5 Å². The highest BCUT2D eigenvalue weighted by molar-refractivity contribution is 6.34. The average molecular weight is 268 g/mol. The van der Waals surface area contributed by atoms with Crippen LogP contribution in [0.4, 0.5) is 0 Å². The van der Waals surface area contributed by atoms with Crippen LogP contribution < -0.4 is 0 Å². The van der Waals surface area contributed by atoms with Crippen molar-refractivity contribution in [2.24, 2.45) is 0 Å². The number of carbonyl (C=O) groups is 1. The number of fused-ring (bicyclic) bond motifs is 1. The van der Waals surface area contributed by atoms with Gasteiger partial charge in [-0.1, -0.05) is 24.9 Å². The van der Waals surface area contributed by atoms with Crippen molar-refractivity contribution in [3.63, 3.8) is 0 Å². The summed E-state index contributed by atoms with van der Waals surface area (Å²) in [6, 6.07) is 0. The van der Waals surface area contributed by atoms with Crippen molar-refractivity contribution in [1.29, 1.82) is 0 Å². The van der Waals surface area contributed by atoms with E-state index in [1.165, 1.54) is 6.33 Å². The number of aromatic nitrogens is 3. The normalized spacial score (nSPS) is 11.0. The monoisotopic (exact) mass is 267 g/mol. The molecule has 2 aromatic rings. The predicted molar refractivity (Wildman–Crippen MR) is 68.8 cm³/mol. The van der Waals surface area contributed by atoms with Crippen LogP contribution in [-0.2, 0) is 11.5 Å². The van der Waals surface area contributed by atoms with E-state index in [0.717, 1.165) is 19.1 Å². The van der Waals surface area contributed by atoms with Crippen LogP contribution >= 0.6 is 11.6 Å². The van der Waals surface area contributed by atoms with Gasteiger partial charge in [-0.3, -0.25) is 4.79 Å². The molecule has 0 aromatic carbocycles. The number of aldehydes is 1. The quantitative estimate of drug-likeness (QED) is 0.459. The highest BCUT2D eigenvalue weighted by atomic mass is 35.5. The molecule has 0 radical (unpaired) electrons. The summed E-state index contributed by atoms with van der Waals surface area (Å²) in [5.41, 5.74) is 1.69. The molecule has 0 aliphatic carbocycles. The Labute approximate surface area is 110 Å². The van der Waals surface area contributed by atoms with E-state index < -0.39 is 0 Å². The molecule has 6 heteroatoms. The van der Waals surface area contributed by atoms with Crippen LogP contribution in [0.5, 0.6) is 0 Å². The van der Waals surface area contributed by atoms with Crippen molar-refractivity contribution in [3.8, 4) is 0 Å². The standard InChI is InChI=1S/C12H14ClN3O2/c1-2-3-4-18-8-16-5-9(6-17)10-11(16)12(13)15-7-14-10/h5-7H,2-4,8H2,1H3. The fraction of sp³-hybridized carbons (Fsp3) is 0.417. The first kappa shape index (κ1) is 13.0. The summed E-state index contributed by atoms with van der Waals surface area (Å²) in [6.07, 6.45) is 5.87. The molecular weight excluding hydrogens is 254 g/mol. The number of carbonyl (C=O) groups excluding carboxylic acids is 1. The second-order valence-electron chi connectivity index (χ2n) is 3.92. The largest absolute Gasteiger partial charge is 0.361 e. The van der Waals surface area contributed by atoms with Gasteiger partial charge in [-0.25, -0.2) is 9.97 Å². The van der Waals surface area contributed by atoms with E-state index in [1.54, 1.807) is 10.8 Å². The van der Waals surface area contributed by atoms with Gasteiger partial charge in [0.2, 0.25) is 0 Å². The van der Waals surface area contributed by atoms with Gasteiger partial charge in [0.1, 0.15) is 24.1 Å². The molecule has 5 nitrogen and oxygen atoms in total. The molecule has 0 saturated heterocycles. The first-order valence-corrected chi connectivity index (χ1v) is 6.18. The Morgan fingerprint density at radius 3 is 3.06 bits per heavy atom. The van der Waals surface area contributed by atoms with Crippen LogP contribution in [0.15, 0.2) is 12.5 Å². The van der Waals surface area contributed by atoms with Crippen LogP contribution in [0.3, 0.4) is 0 Å². The molecule has 2 aromatic heterocycles. The predicted octanol–water partition coefficient (Wildman–Crippen LogP) is 2.67. The molecule has 0 bridgehead atoms. The Kier molecular flexibility index (Phi) is 4.28. The van der Waals surface area contributed by atoms with E-state index in [4.69, 9.17) is 16.3 Å². The Morgan fingerprint density at radius 1 is 1.50 bits per heavy atom. The van der Waals surface area contributed by atoms with Crippen molar-refractivity contribution >= 4 is 28.9 Å². The molecule has 0 aliphatic rings. The molecule has 0 amide bonds. The second kappa shape index (κ2) is 5.93. The van der Waals surface area contributed by atoms with Gasteiger partial charge in [-0.2, -0.15) is 0 Å². The lowest BCUT2D eigenvalue weighted by Gasteiger charge is -2.06. The summed E-state index contributed by atoms with van der Waals surface area (Å²) in [6.45, 7) is 3.12. The van der Waals surface area contributed by atoms with E-state index in [-0.39, 0.29) is 0 Å². The van der Waals surface area contributed by atoms with Gasteiger partial charge >= 0.3 is 0 Å². The number of halogens is 1. The maximum Gasteiger partial charge on any atom is 0.156 e. The fourth-order valence-corrected chi connectivity index (χ4v) is 1.96. The van der Waals surface area contributed by atoms with Crippen LogP contribution in [-0.4, -0.2) is 27.4 Å². The summed E-state index contributed by atoms with van der Waals surface area (Å²) >= 11 is 6.03. The minimum atomic E-state index is 0.326. The van der Waals surface area contributed by atoms with Crippen molar-refractivity contribution < 1.29 is 9.53 Å². The topological polar surface area (TPSA) is 57.0 Å². The minimum Gasteiger partial charge on any atom is -0.361 e. The van der Waals surface area contributed by atoms with Gasteiger partial charge in [0.15, 0.2) is 11.4 Å². The van der Waals surface area contributed by atoms with Crippen LogP contribution in [0.1, 0.15) is 30.1 Å². The van der Waals surface area contributed by atoms with Crippen molar-refractivity contribution in [2.75, 3.05) is 6.61 Å². The maximum atomic E-state index is 11.0. The maximum absolute atomic E-state index is 11.0. The highest BCUT2D eigenvalue weighted by Crippen LogP contribution is 2.23. The number of unbranched alkanes of at least 4 members (excludes halogenated alkanes) is 1. The summed E-state index contributed by atoms with van der Waals surface area (Å²) in [5.74, 6) is 0. The van der Waals surface area contributed by atoms with E-state index in [0.29, 0.717) is 35.1 Å². The number of hydrogen-bond donors (Lipinski definition) is 0. The van der Waals surface area contributed by atoms with E-state index in [2.05, 4.69) is 16.9 Å². The molecule has 96 valence electrons. The third-order valence-corrected chi connectivity index (χ3v) is 2.91. The first-order valence-electron chi connectivity index (χ1n) is 5.80. The van der Waals surface area contributed by atoms with E-state index in [9.17, 15) is 4.79 Å². The number of hydrogen-bond acceptors (Lipinski definition) is 4. The van der Waals surface area contributed by atoms with Crippen LogP contribution in [0.2, 0.25) is 5.15 Å². The fourth-order valence-electron chi connectivity index (χ4n) is 1.71. The van der Waals surface area contributed by atoms with Gasteiger partial charge in [-0.15, -0.1) is 0 Å². The summed E-state index contributed by atoms with van der Waals surface area (Å²) in [4.78, 5) is 19.0. The van der Waals surface area contributed by atoms with Crippen molar-refractivity contribution in [1.82, 2.24) is 14.5 Å². The molecule has 18 heavy (non-hydrogen) atoms. The molecule has 0 saturated carbocycles. The molecule has 0 atom stereocenters. The molecule has 0 spiro atoms. The zero-order chi connectivity index (χ0) is 13.0. The molecule has 2 rings (SSSR count). The smallest absolute Gasteiger partial charge is 0.156 e. The second-order valence-corrected chi connectivity index (χ2v) is 4.28. The van der Waals surface area contributed by atoms with Crippen LogP contribution in [0.25, 0.3) is 11.0 Å². The lowest BCUT2D eigenvalue weighted by Crippen LogP contribution is -2.03. The molecule has 0 aliphatic heterocycles. The first-order chi connectivity index (χ1) is 8.77. The molecule has 0 unspecified atom stereocenters. The van der Waals surface area contributed by atoms with E-state index >= 15 is 0 Å². The number of ether oxygens (including phenoxy) is 1.